The Kier molecular flexibility index (Phi) is 3.65. The number of hydrogen-bond acceptors (Lipinski definition) is 4. The average molecular weight is 339 g/mol. The van der Waals surface area contributed by atoms with Crippen LogP contribution in [-0.4, -0.2) is 9.38 Å². The third kappa shape index (κ3) is 2.76. The monoisotopic (exact) mass is 338 g/mol. The van der Waals surface area contributed by atoms with Crippen LogP contribution in [0.15, 0.2) is 76.4 Å². The van der Waals surface area contributed by atoms with Gasteiger partial charge in [-0.2, -0.15) is 0 Å². The Morgan fingerprint density at radius 2 is 1.83 bits per heavy atom. The van der Waals surface area contributed by atoms with Gasteiger partial charge in [0.2, 0.25) is 0 Å². The summed E-state index contributed by atoms with van der Waals surface area (Å²) in [6, 6.07) is 17.2. The van der Waals surface area contributed by atoms with E-state index < -0.39 is 0 Å². The van der Waals surface area contributed by atoms with Crippen LogP contribution < -0.4 is 0 Å². The second-order valence-corrected chi connectivity index (χ2v) is 6.25. The standard InChI is InChI=1S/C17H11ClN4S/c18-12-6-8-13(9-7-12)20-21-17-16(14-4-3-11-23-14)19-15-5-1-2-10-22(15)17/h1-11H. The number of pyridine rings is 1. The van der Waals surface area contributed by atoms with E-state index in [2.05, 4.69) is 15.2 Å². The van der Waals surface area contributed by atoms with Gasteiger partial charge in [0.05, 0.1) is 10.6 Å². The van der Waals surface area contributed by atoms with Crippen molar-refractivity contribution in [2.45, 2.75) is 0 Å². The fraction of sp³-hybridized carbons (Fsp3) is 0. The summed E-state index contributed by atoms with van der Waals surface area (Å²) in [7, 11) is 0. The van der Waals surface area contributed by atoms with Crippen LogP contribution in [0.2, 0.25) is 5.02 Å². The Bertz CT molecular complexity index is 972. The molecule has 4 rings (SSSR count). The van der Waals surface area contributed by atoms with Crippen molar-refractivity contribution in [1.82, 2.24) is 9.38 Å². The lowest BCUT2D eigenvalue weighted by Crippen LogP contribution is -1.80. The van der Waals surface area contributed by atoms with E-state index in [0.29, 0.717) is 5.02 Å². The lowest BCUT2D eigenvalue weighted by molar-refractivity contribution is 1.11. The van der Waals surface area contributed by atoms with Crippen molar-refractivity contribution in [2.24, 2.45) is 10.2 Å². The predicted octanol–water partition coefficient (Wildman–Crippen LogP) is 6.13. The molecular weight excluding hydrogens is 328 g/mol. The van der Waals surface area contributed by atoms with Crippen LogP contribution in [0.3, 0.4) is 0 Å². The molecule has 0 spiro atoms. The number of azo groups is 1. The Labute approximate surface area is 141 Å². The molecule has 0 saturated heterocycles. The first-order chi connectivity index (χ1) is 11.3. The second-order valence-electron chi connectivity index (χ2n) is 4.87. The molecule has 0 aliphatic rings. The largest absolute Gasteiger partial charge is 0.283 e. The summed E-state index contributed by atoms with van der Waals surface area (Å²) in [5.74, 6) is 0.720. The lowest BCUT2D eigenvalue weighted by atomic mass is 10.3. The number of aromatic nitrogens is 2. The maximum Gasteiger partial charge on any atom is 0.188 e. The average Bonchev–Trinajstić information content (AvgIpc) is 3.22. The van der Waals surface area contributed by atoms with E-state index in [1.54, 1.807) is 23.5 Å². The fourth-order valence-electron chi connectivity index (χ4n) is 2.27. The molecule has 0 unspecified atom stereocenters. The molecular formula is C17H11ClN4S. The quantitative estimate of drug-likeness (QED) is 0.414. The Morgan fingerprint density at radius 1 is 0.957 bits per heavy atom. The Morgan fingerprint density at radius 3 is 2.61 bits per heavy atom. The summed E-state index contributed by atoms with van der Waals surface area (Å²) in [6.07, 6.45) is 1.94. The van der Waals surface area contributed by atoms with Gasteiger partial charge in [-0.1, -0.05) is 23.7 Å². The molecule has 0 aliphatic carbocycles. The van der Waals surface area contributed by atoms with Crippen LogP contribution >= 0.6 is 22.9 Å². The summed E-state index contributed by atoms with van der Waals surface area (Å²) < 4.78 is 1.94. The van der Waals surface area contributed by atoms with Gasteiger partial charge in [0, 0.05) is 11.2 Å². The van der Waals surface area contributed by atoms with Crippen molar-refractivity contribution in [2.75, 3.05) is 0 Å². The smallest absolute Gasteiger partial charge is 0.188 e. The molecule has 0 fully saturated rings. The fourth-order valence-corrected chi connectivity index (χ4v) is 3.11. The maximum absolute atomic E-state index is 5.90. The molecule has 1 aromatic carbocycles. The highest BCUT2D eigenvalue weighted by Crippen LogP contribution is 2.34. The first-order valence-corrected chi connectivity index (χ1v) is 8.25. The zero-order chi connectivity index (χ0) is 15.6. The molecule has 23 heavy (non-hydrogen) atoms. The first-order valence-electron chi connectivity index (χ1n) is 6.99. The maximum atomic E-state index is 5.90. The van der Waals surface area contributed by atoms with Gasteiger partial charge in [-0.05, 0) is 47.8 Å². The number of imidazole rings is 1. The van der Waals surface area contributed by atoms with E-state index in [-0.39, 0.29) is 0 Å². The SMILES string of the molecule is Clc1ccc(N=Nc2c(-c3cccs3)nc3ccccn23)cc1. The van der Waals surface area contributed by atoms with E-state index in [1.807, 2.05) is 58.4 Å². The van der Waals surface area contributed by atoms with Gasteiger partial charge in [-0.15, -0.1) is 21.6 Å². The van der Waals surface area contributed by atoms with E-state index in [4.69, 9.17) is 11.6 Å². The molecule has 0 N–H and O–H groups in total. The van der Waals surface area contributed by atoms with Gasteiger partial charge in [0.25, 0.3) is 0 Å². The number of nitrogens with zero attached hydrogens (tertiary/aromatic N) is 4. The van der Waals surface area contributed by atoms with E-state index in [0.717, 1.165) is 27.7 Å². The van der Waals surface area contributed by atoms with Crippen LogP contribution in [0, 0.1) is 0 Å². The van der Waals surface area contributed by atoms with Gasteiger partial charge in [0.1, 0.15) is 11.3 Å². The number of rotatable bonds is 3. The summed E-state index contributed by atoms with van der Waals surface area (Å²) >= 11 is 7.53. The second kappa shape index (κ2) is 5.95. The van der Waals surface area contributed by atoms with Gasteiger partial charge >= 0.3 is 0 Å². The van der Waals surface area contributed by atoms with Crippen molar-refractivity contribution in [3.63, 3.8) is 0 Å². The molecule has 112 valence electrons. The Balaban J connectivity index is 1.84. The first kappa shape index (κ1) is 14.1. The highest BCUT2D eigenvalue weighted by molar-refractivity contribution is 7.13. The minimum Gasteiger partial charge on any atom is -0.283 e. The molecule has 0 saturated carbocycles. The number of fused-ring (bicyclic) bond motifs is 1. The van der Waals surface area contributed by atoms with Gasteiger partial charge in [-0.25, -0.2) is 4.98 Å². The molecule has 4 nitrogen and oxygen atoms in total. The van der Waals surface area contributed by atoms with Gasteiger partial charge in [0.15, 0.2) is 5.82 Å². The van der Waals surface area contributed by atoms with Crippen LogP contribution in [0.1, 0.15) is 0 Å². The minimum absolute atomic E-state index is 0.679. The molecule has 0 bridgehead atoms. The molecule has 0 aliphatic heterocycles. The molecule has 6 heteroatoms. The van der Waals surface area contributed by atoms with E-state index in [9.17, 15) is 0 Å². The third-order valence-electron chi connectivity index (χ3n) is 3.35. The normalized spacial score (nSPS) is 11.5. The molecule has 0 amide bonds. The van der Waals surface area contributed by atoms with Crippen molar-refractivity contribution < 1.29 is 0 Å². The van der Waals surface area contributed by atoms with E-state index in [1.165, 1.54) is 0 Å². The number of hydrogen-bond donors (Lipinski definition) is 0. The summed E-state index contributed by atoms with van der Waals surface area (Å²) in [5.41, 5.74) is 2.43. The van der Waals surface area contributed by atoms with Crippen LogP contribution in [-0.2, 0) is 0 Å². The van der Waals surface area contributed by atoms with Gasteiger partial charge < -0.3 is 0 Å². The molecule has 3 heterocycles. The third-order valence-corrected chi connectivity index (χ3v) is 4.47. The van der Waals surface area contributed by atoms with Crippen molar-refractivity contribution in [1.29, 1.82) is 0 Å². The molecule has 0 atom stereocenters. The highest BCUT2D eigenvalue weighted by atomic mass is 35.5. The predicted molar refractivity (Wildman–Crippen MR) is 94.1 cm³/mol. The summed E-state index contributed by atoms with van der Waals surface area (Å²) in [4.78, 5) is 5.75. The lowest BCUT2D eigenvalue weighted by Gasteiger charge is -1.97. The topological polar surface area (TPSA) is 42.0 Å². The molecule has 0 radical (unpaired) electrons. The van der Waals surface area contributed by atoms with Crippen LogP contribution in [0.25, 0.3) is 16.2 Å². The van der Waals surface area contributed by atoms with Crippen molar-refractivity contribution >= 4 is 40.1 Å². The molecule has 3 aromatic heterocycles. The van der Waals surface area contributed by atoms with Crippen molar-refractivity contribution in [3.8, 4) is 10.6 Å². The summed E-state index contributed by atoms with van der Waals surface area (Å²) in [6.45, 7) is 0. The van der Waals surface area contributed by atoms with Crippen LogP contribution in [0.5, 0.6) is 0 Å². The summed E-state index contributed by atoms with van der Waals surface area (Å²) in [5, 5.41) is 11.5. The molecule has 4 aromatic rings. The zero-order valence-electron chi connectivity index (χ0n) is 11.9. The highest BCUT2D eigenvalue weighted by Gasteiger charge is 2.14. The van der Waals surface area contributed by atoms with Crippen LogP contribution in [0.4, 0.5) is 11.5 Å². The van der Waals surface area contributed by atoms with Gasteiger partial charge in [-0.3, -0.25) is 4.40 Å². The number of thiophene rings is 1. The van der Waals surface area contributed by atoms with Crippen molar-refractivity contribution in [3.05, 3.63) is 71.2 Å². The Hall–Kier alpha value is -2.50. The minimum atomic E-state index is 0.679. The zero-order valence-corrected chi connectivity index (χ0v) is 13.5. The number of benzene rings is 1. The van der Waals surface area contributed by atoms with E-state index >= 15 is 0 Å². The number of halogens is 1.